The number of amides is 1. The van der Waals surface area contributed by atoms with Gasteiger partial charge in [-0.05, 0) is 35.0 Å². The largest absolute Gasteiger partial charge is 0.465 e. The average Bonchev–Trinajstić information content (AvgIpc) is 2.57. The Morgan fingerprint density at radius 2 is 2.08 bits per heavy atom. The molecule has 0 fully saturated rings. The molecule has 26 heavy (non-hydrogen) atoms. The number of carbonyl (C=O) groups is 1. The number of nitrogens with zero attached hydrogens (tertiary/aromatic N) is 3. The van der Waals surface area contributed by atoms with Crippen molar-refractivity contribution in [2.24, 2.45) is 0 Å². The summed E-state index contributed by atoms with van der Waals surface area (Å²) in [4.78, 5) is 31.8. The molecule has 0 saturated heterocycles. The SMILES string of the molecule is CC(NC(=O)O)c1nc2c(F)ccc(Br)c2c(=O)n1-c1cncc(F)c1. The van der Waals surface area contributed by atoms with Crippen molar-refractivity contribution in [3.8, 4) is 5.69 Å². The molecule has 3 aromatic rings. The van der Waals surface area contributed by atoms with Crippen LogP contribution < -0.4 is 10.9 Å². The predicted molar refractivity (Wildman–Crippen MR) is 92.3 cm³/mol. The molecule has 1 amide bonds. The van der Waals surface area contributed by atoms with E-state index in [1.54, 1.807) is 0 Å². The van der Waals surface area contributed by atoms with Crippen molar-refractivity contribution in [3.63, 3.8) is 0 Å². The van der Waals surface area contributed by atoms with E-state index in [9.17, 15) is 18.4 Å². The lowest BCUT2D eigenvalue weighted by Crippen LogP contribution is -2.32. The Balaban J connectivity index is 2.43. The molecule has 10 heteroatoms. The van der Waals surface area contributed by atoms with Crippen LogP contribution in [0, 0.1) is 11.6 Å². The second-order valence-corrected chi connectivity index (χ2v) is 6.25. The van der Waals surface area contributed by atoms with E-state index < -0.39 is 29.3 Å². The molecule has 0 spiro atoms. The van der Waals surface area contributed by atoms with Gasteiger partial charge in [0.05, 0.1) is 29.5 Å². The van der Waals surface area contributed by atoms with Crippen molar-refractivity contribution < 1.29 is 18.7 Å². The standard InChI is InChI=1S/C16H11BrF2N4O3/c1-7(21-16(25)26)14-22-13-11(19)3-2-10(17)12(13)15(24)23(14)9-4-8(18)5-20-6-9/h2-7,21H,1H3,(H,25,26). The highest BCUT2D eigenvalue weighted by Crippen LogP contribution is 2.25. The summed E-state index contributed by atoms with van der Waals surface area (Å²) in [6.45, 7) is 1.43. The van der Waals surface area contributed by atoms with Crippen molar-refractivity contribution in [3.05, 3.63) is 62.9 Å². The van der Waals surface area contributed by atoms with Crippen molar-refractivity contribution >= 4 is 32.9 Å². The summed E-state index contributed by atoms with van der Waals surface area (Å²) in [6, 6.07) is 2.55. The second-order valence-electron chi connectivity index (χ2n) is 5.40. The summed E-state index contributed by atoms with van der Waals surface area (Å²) < 4.78 is 29.1. The Hall–Kier alpha value is -2.88. The van der Waals surface area contributed by atoms with Crippen LogP contribution in [0.15, 0.2) is 39.9 Å². The van der Waals surface area contributed by atoms with E-state index >= 15 is 0 Å². The Kier molecular flexibility index (Phi) is 4.68. The molecule has 2 heterocycles. The van der Waals surface area contributed by atoms with Crippen LogP contribution in [0.2, 0.25) is 0 Å². The van der Waals surface area contributed by atoms with E-state index in [-0.39, 0.29) is 22.4 Å². The number of rotatable bonds is 3. The van der Waals surface area contributed by atoms with Gasteiger partial charge < -0.3 is 10.4 Å². The van der Waals surface area contributed by atoms with Crippen LogP contribution in [-0.4, -0.2) is 25.7 Å². The number of nitrogens with one attached hydrogen (secondary N) is 1. The lowest BCUT2D eigenvalue weighted by Gasteiger charge is -2.18. The zero-order valence-electron chi connectivity index (χ0n) is 13.2. The van der Waals surface area contributed by atoms with Crippen LogP contribution in [0.25, 0.3) is 16.6 Å². The summed E-state index contributed by atoms with van der Waals surface area (Å²) in [5, 5.41) is 11.1. The summed E-state index contributed by atoms with van der Waals surface area (Å²) in [7, 11) is 0. The van der Waals surface area contributed by atoms with Gasteiger partial charge in [-0.2, -0.15) is 0 Å². The van der Waals surface area contributed by atoms with Gasteiger partial charge in [0.25, 0.3) is 5.56 Å². The molecule has 3 rings (SSSR count). The number of aromatic nitrogens is 3. The average molecular weight is 425 g/mol. The first kappa shape index (κ1) is 17.9. The van der Waals surface area contributed by atoms with Gasteiger partial charge in [-0.1, -0.05) is 0 Å². The smallest absolute Gasteiger partial charge is 0.405 e. The van der Waals surface area contributed by atoms with Crippen molar-refractivity contribution in [2.75, 3.05) is 0 Å². The molecular formula is C16H11BrF2N4O3. The minimum atomic E-state index is -1.36. The number of hydrogen-bond acceptors (Lipinski definition) is 4. The molecule has 1 aromatic carbocycles. The quantitative estimate of drug-likeness (QED) is 0.672. The monoisotopic (exact) mass is 424 g/mol. The first-order chi connectivity index (χ1) is 12.3. The Morgan fingerprint density at radius 3 is 2.73 bits per heavy atom. The minimum absolute atomic E-state index is 0.0367. The van der Waals surface area contributed by atoms with E-state index in [4.69, 9.17) is 5.11 Å². The van der Waals surface area contributed by atoms with E-state index in [1.807, 2.05) is 0 Å². The number of benzene rings is 1. The lowest BCUT2D eigenvalue weighted by molar-refractivity contribution is 0.190. The molecule has 0 aliphatic heterocycles. The van der Waals surface area contributed by atoms with Gasteiger partial charge in [0.2, 0.25) is 0 Å². The fraction of sp³-hybridized carbons (Fsp3) is 0.125. The van der Waals surface area contributed by atoms with E-state index in [1.165, 1.54) is 19.2 Å². The van der Waals surface area contributed by atoms with Gasteiger partial charge in [-0.25, -0.2) is 18.6 Å². The first-order valence-corrected chi connectivity index (χ1v) is 8.10. The number of carboxylic acid groups (broad SMARTS) is 1. The van der Waals surface area contributed by atoms with Crippen molar-refractivity contribution in [1.29, 1.82) is 0 Å². The van der Waals surface area contributed by atoms with Crippen LogP contribution in [0.5, 0.6) is 0 Å². The highest BCUT2D eigenvalue weighted by Gasteiger charge is 2.22. The molecule has 0 bridgehead atoms. The molecular weight excluding hydrogens is 414 g/mol. The van der Waals surface area contributed by atoms with Gasteiger partial charge in [0, 0.05) is 10.5 Å². The van der Waals surface area contributed by atoms with Crippen LogP contribution in [0.3, 0.4) is 0 Å². The number of pyridine rings is 1. The molecule has 1 unspecified atom stereocenters. The Bertz CT molecular complexity index is 1090. The highest BCUT2D eigenvalue weighted by atomic mass is 79.9. The van der Waals surface area contributed by atoms with Crippen molar-refractivity contribution in [1.82, 2.24) is 19.9 Å². The third-order valence-corrected chi connectivity index (χ3v) is 4.29. The van der Waals surface area contributed by atoms with Crippen molar-refractivity contribution in [2.45, 2.75) is 13.0 Å². The predicted octanol–water partition coefficient (Wildman–Crippen LogP) is 3.15. The van der Waals surface area contributed by atoms with E-state index in [0.717, 1.165) is 22.9 Å². The summed E-state index contributed by atoms with van der Waals surface area (Å²) in [5.41, 5.74) is -0.878. The molecule has 1 atom stereocenters. The lowest BCUT2D eigenvalue weighted by atomic mass is 10.2. The molecule has 2 N–H and O–H groups in total. The van der Waals surface area contributed by atoms with Crippen LogP contribution in [0.1, 0.15) is 18.8 Å². The Morgan fingerprint density at radius 1 is 1.35 bits per heavy atom. The molecule has 134 valence electrons. The third kappa shape index (κ3) is 3.15. The fourth-order valence-corrected chi connectivity index (χ4v) is 3.04. The molecule has 2 aromatic heterocycles. The molecule has 0 radical (unpaired) electrons. The van der Waals surface area contributed by atoms with Crippen LogP contribution in [0.4, 0.5) is 13.6 Å². The molecule has 7 nitrogen and oxygen atoms in total. The van der Waals surface area contributed by atoms with Gasteiger partial charge in [-0.3, -0.25) is 14.3 Å². The summed E-state index contributed by atoms with van der Waals surface area (Å²) in [5.74, 6) is -1.54. The summed E-state index contributed by atoms with van der Waals surface area (Å²) >= 11 is 3.19. The van der Waals surface area contributed by atoms with Gasteiger partial charge in [-0.15, -0.1) is 0 Å². The van der Waals surface area contributed by atoms with Gasteiger partial charge in [0.15, 0.2) is 0 Å². The minimum Gasteiger partial charge on any atom is -0.465 e. The number of halogens is 3. The van der Waals surface area contributed by atoms with E-state index in [2.05, 4.69) is 31.2 Å². The molecule has 0 saturated carbocycles. The first-order valence-electron chi connectivity index (χ1n) is 7.30. The maximum absolute atomic E-state index is 14.2. The highest BCUT2D eigenvalue weighted by molar-refractivity contribution is 9.10. The zero-order valence-corrected chi connectivity index (χ0v) is 14.8. The maximum atomic E-state index is 14.2. The molecule has 0 aliphatic carbocycles. The topological polar surface area (TPSA) is 97.1 Å². The van der Waals surface area contributed by atoms with Gasteiger partial charge >= 0.3 is 6.09 Å². The Labute approximate surface area is 153 Å². The second kappa shape index (κ2) is 6.79. The third-order valence-electron chi connectivity index (χ3n) is 3.63. The zero-order chi connectivity index (χ0) is 19.0. The normalized spacial score (nSPS) is 12.2. The van der Waals surface area contributed by atoms with E-state index in [0.29, 0.717) is 4.47 Å². The molecule has 0 aliphatic rings. The maximum Gasteiger partial charge on any atom is 0.405 e. The number of hydrogen-bond donors (Lipinski definition) is 2. The van der Waals surface area contributed by atoms with Crippen LogP contribution >= 0.6 is 15.9 Å². The van der Waals surface area contributed by atoms with Crippen LogP contribution in [-0.2, 0) is 0 Å². The van der Waals surface area contributed by atoms with Gasteiger partial charge in [0.1, 0.15) is 23.0 Å². The fourth-order valence-electron chi connectivity index (χ4n) is 2.55. The summed E-state index contributed by atoms with van der Waals surface area (Å²) in [6.07, 6.45) is 0.824. The number of fused-ring (bicyclic) bond motifs is 1.